The molecule has 8 heteroatoms. The predicted molar refractivity (Wildman–Crippen MR) is 82.9 cm³/mol. The summed E-state index contributed by atoms with van der Waals surface area (Å²) in [6, 6.07) is 7.44. The molecule has 114 valence electrons. The van der Waals surface area contributed by atoms with E-state index in [0.29, 0.717) is 12.2 Å². The summed E-state index contributed by atoms with van der Waals surface area (Å²) in [6.07, 6.45) is 1.31. The minimum absolute atomic E-state index is 0. The van der Waals surface area contributed by atoms with Gasteiger partial charge in [-0.2, -0.15) is 4.68 Å². The Morgan fingerprint density at radius 2 is 2.19 bits per heavy atom. The lowest BCUT2D eigenvalue weighted by molar-refractivity contribution is -0.116. The third-order valence-electron chi connectivity index (χ3n) is 2.83. The topological polar surface area (TPSA) is 84.7 Å². The SMILES string of the molecule is CNCCCC(=O)Nc1cccc(-n2nnnc2C)c1.Cl. The second-order valence-corrected chi connectivity index (χ2v) is 4.44. The summed E-state index contributed by atoms with van der Waals surface area (Å²) in [7, 11) is 1.87. The van der Waals surface area contributed by atoms with E-state index in [1.165, 1.54) is 0 Å². The monoisotopic (exact) mass is 310 g/mol. The largest absolute Gasteiger partial charge is 0.326 e. The van der Waals surface area contributed by atoms with Crippen molar-refractivity contribution in [1.29, 1.82) is 0 Å². The maximum absolute atomic E-state index is 11.8. The normalized spacial score (nSPS) is 10.0. The quantitative estimate of drug-likeness (QED) is 0.786. The molecule has 2 rings (SSSR count). The van der Waals surface area contributed by atoms with E-state index in [1.807, 2.05) is 38.2 Å². The number of nitrogens with zero attached hydrogens (tertiary/aromatic N) is 4. The van der Waals surface area contributed by atoms with Gasteiger partial charge < -0.3 is 10.6 Å². The first-order chi connectivity index (χ1) is 9.70. The van der Waals surface area contributed by atoms with Crippen LogP contribution in [0.4, 0.5) is 5.69 Å². The van der Waals surface area contributed by atoms with Crippen LogP contribution in [0.15, 0.2) is 24.3 Å². The smallest absolute Gasteiger partial charge is 0.224 e. The molecule has 1 heterocycles. The number of carbonyl (C=O) groups excluding carboxylic acids is 1. The van der Waals surface area contributed by atoms with Crippen molar-refractivity contribution in [1.82, 2.24) is 25.5 Å². The Labute approximate surface area is 129 Å². The molecule has 2 aromatic rings. The Bertz CT molecular complexity index is 586. The third kappa shape index (κ3) is 4.80. The first-order valence-corrected chi connectivity index (χ1v) is 6.50. The van der Waals surface area contributed by atoms with E-state index in [4.69, 9.17) is 0 Å². The van der Waals surface area contributed by atoms with Crippen molar-refractivity contribution in [3.8, 4) is 5.69 Å². The van der Waals surface area contributed by atoms with E-state index >= 15 is 0 Å². The molecule has 1 aromatic heterocycles. The molecule has 0 bridgehead atoms. The summed E-state index contributed by atoms with van der Waals surface area (Å²) in [5, 5.41) is 17.2. The van der Waals surface area contributed by atoms with Gasteiger partial charge in [-0.25, -0.2) is 0 Å². The number of aromatic nitrogens is 4. The molecule has 0 unspecified atom stereocenters. The second-order valence-electron chi connectivity index (χ2n) is 4.44. The van der Waals surface area contributed by atoms with E-state index in [-0.39, 0.29) is 18.3 Å². The van der Waals surface area contributed by atoms with Gasteiger partial charge in [-0.1, -0.05) is 6.07 Å². The molecule has 2 N–H and O–H groups in total. The van der Waals surface area contributed by atoms with Gasteiger partial charge in [-0.3, -0.25) is 4.79 Å². The van der Waals surface area contributed by atoms with Gasteiger partial charge in [0.1, 0.15) is 0 Å². The summed E-state index contributed by atoms with van der Waals surface area (Å²) in [6.45, 7) is 2.65. The van der Waals surface area contributed by atoms with Crippen molar-refractivity contribution >= 4 is 24.0 Å². The van der Waals surface area contributed by atoms with E-state index in [0.717, 1.165) is 24.3 Å². The Morgan fingerprint density at radius 3 is 2.86 bits per heavy atom. The van der Waals surface area contributed by atoms with Crippen LogP contribution in [0.2, 0.25) is 0 Å². The molecular formula is C13H19ClN6O. The Balaban J connectivity index is 0.00000220. The van der Waals surface area contributed by atoms with Gasteiger partial charge in [-0.15, -0.1) is 17.5 Å². The fraction of sp³-hybridized carbons (Fsp3) is 0.385. The number of rotatable bonds is 6. The molecule has 1 aromatic carbocycles. The van der Waals surface area contributed by atoms with Gasteiger partial charge in [0.15, 0.2) is 5.82 Å². The molecular weight excluding hydrogens is 292 g/mol. The standard InChI is InChI=1S/C13H18N6O.ClH/c1-10-16-17-18-19(10)12-6-3-5-11(9-12)15-13(20)7-4-8-14-2;/h3,5-6,9,14H,4,7-8H2,1-2H3,(H,15,20);1H. The van der Waals surface area contributed by atoms with Crippen LogP contribution in [0.25, 0.3) is 5.69 Å². The molecule has 0 aliphatic carbocycles. The number of halogens is 1. The fourth-order valence-electron chi connectivity index (χ4n) is 1.83. The zero-order chi connectivity index (χ0) is 14.4. The lowest BCUT2D eigenvalue weighted by Gasteiger charge is -2.07. The van der Waals surface area contributed by atoms with Crippen LogP contribution in [0.1, 0.15) is 18.7 Å². The van der Waals surface area contributed by atoms with Crippen molar-refractivity contribution in [2.24, 2.45) is 0 Å². The second kappa shape index (κ2) is 8.33. The highest BCUT2D eigenvalue weighted by molar-refractivity contribution is 5.90. The molecule has 0 aliphatic heterocycles. The highest BCUT2D eigenvalue weighted by Gasteiger charge is 2.06. The van der Waals surface area contributed by atoms with Crippen LogP contribution in [0.5, 0.6) is 0 Å². The van der Waals surface area contributed by atoms with Crippen molar-refractivity contribution in [2.75, 3.05) is 18.9 Å². The van der Waals surface area contributed by atoms with Crippen LogP contribution in [-0.4, -0.2) is 39.7 Å². The van der Waals surface area contributed by atoms with Crippen LogP contribution < -0.4 is 10.6 Å². The number of carbonyl (C=O) groups is 1. The van der Waals surface area contributed by atoms with Crippen LogP contribution in [0.3, 0.4) is 0 Å². The number of aryl methyl sites for hydroxylation is 1. The molecule has 0 saturated heterocycles. The number of amides is 1. The molecule has 0 spiro atoms. The number of hydrogen-bond donors (Lipinski definition) is 2. The lowest BCUT2D eigenvalue weighted by Crippen LogP contribution is -2.15. The first kappa shape index (κ1) is 17.1. The predicted octanol–water partition coefficient (Wildman–Crippen LogP) is 1.33. The Hall–Kier alpha value is -1.99. The number of tetrazole rings is 1. The Morgan fingerprint density at radius 1 is 1.38 bits per heavy atom. The average molecular weight is 311 g/mol. The molecule has 1 amide bonds. The average Bonchev–Trinajstić information content (AvgIpc) is 2.85. The van der Waals surface area contributed by atoms with Gasteiger partial charge in [0.2, 0.25) is 5.91 Å². The maximum atomic E-state index is 11.8. The number of anilines is 1. The van der Waals surface area contributed by atoms with E-state index in [1.54, 1.807) is 4.68 Å². The van der Waals surface area contributed by atoms with Crippen LogP contribution in [0, 0.1) is 6.92 Å². The molecule has 21 heavy (non-hydrogen) atoms. The third-order valence-corrected chi connectivity index (χ3v) is 2.83. The van der Waals surface area contributed by atoms with E-state index in [9.17, 15) is 4.79 Å². The summed E-state index contributed by atoms with van der Waals surface area (Å²) < 4.78 is 1.62. The molecule has 0 saturated carbocycles. The number of benzene rings is 1. The Kier molecular flexibility index (Phi) is 6.77. The summed E-state index contributed by atoms with van der Waals surface area (Å²) >= 11 is 0. The van der Waals surface area contributed by atoms with Crippen molar-refractivity contribution in [3.63, 3.8) is 0 Å². The molecule has 0 atom stereocenters. The van der Waals surface area contributed by atoms with Crippen molar-refractivity contribution in [2.45, 2.75) is 19.8 Å². The van der Waals surface area contributed by atoms with E-state index in [2.05, 4.69) is 26.2 Å². The van der Waals surface area contributed by atoms with Crippen molar-refractivity contribution in [3.05, 3.63) is 30.1 Å². The maximum Gasteiger partial charge on any atom is 0.224 e. The highest BCUT2D eigenvalue weighted by Crippen LogP contribution is 2.14. The van der Waals surface area contributed by atoms with Crippen molar-refractivity contribution < 1.29 is 4.79 Å². The minimum Gasteiger partial charge on any atom is -0.326 e. The summed E-state index contributed by atoms with van der Waals surface area (Å²) in [5.74, 6) is 0.702. The first-order valence-electron chi connectivity index (χ1n) is 6.50. The number of nitrogens with one attached hydrogen (secondary N) is 2. The molecule has 0 radical (unpaired) electrons. The zero-order valence-electron chi connectivity index (χ0n) is 12.0. The van der Waals surface area contributed by atoms with Gasteiger partial charge in [0.25, 0.3) is 0 Å². The number of hydrogen-bond acceptors (Lipinski definition) is 5. The minimum atomic E-state index is 0. The van der Waals surface area contributed by atoms with Gasteiger partial charge in [-0.05, 0) is 55.6 Å². The van der Waals surface area contributed by atoms with E-state index < -0.39 is 0 Å². The lowest BCUT2D eigenvalue weighted by atomic mass is 10.2. The fourth-order valence-corrected chi connectivity index (χ4v) is 1.83. The summed E-state index contributed by atoms with van der Waals surface area (Å²) in [4.78, 5) is 11.8. The van der Waals surface area contributed by atoms with Crippen LogP contribution in [-0.2, 0) is 4.79 Å². The molecule has 0 fully saturated rings. The highest BCUT2D eigenvalue weighted by atomic mass is 35.5. The van der Waals surface area contributed by atoms with Gasteiger partial charge in [0.05, 0.1) is 5.69 Å². The van der Waals surface area contributed by atoms with Crippen LogP contribution >= 0.6 is 12.4 Å². The van der Waals surface area contributed by atoms with Gasteiger partial charge >= 0.3 is 0 Å². The molecule has 0 aliphatic rings. The molecule has 7 nitrogen and oxygen atoms in total. The van der Waals surface area contributed by atoms with Gasteiger partial charge in [0, 0.05) is 12.1 Å². The zero-order valence-corrected chi connectivity index (χ0v) is 12.9. The summed E-state index contributed by atoms with van der Waals surface area (Å²) in [5.41, 5.74) is 1.56.